The van der Waals surface area contributed by atoms with E-state index in [2.05, 4.69) is 32.4 Å². The Bertz CT molecular complexity index is 1350. The van der Waals surface area contributed by atoms with Crippen molar-refractivity contribution in [3.63, 3.8) is 0 Å². The average molecular weight is 615 g/mol. The van der Waals surface area contributed by atoms with Gasteiger partial charge in [0.25, 0.3) is 0 Å². The monoisotopic (exact) mass is 613 g/mol. The van der Waals surface area contributed by atoms with Gasteiger partial charge in [0.1, 0.15) is 11.6 Å². The Kier molecular flexibility index (Phi) is 14.3. The van der Waals surface area contributed by atoms with Gasteiger partial charge in [0.2, 0.25) is 5.91 Å². The van der Waals surface area contributed by atoms with E-state index in [1.54, 1.807) is 12.3 Å². The molecule has 1 aromatic heterocycles. The number of benzene rings is 2. The van der Waals surface area contributed by atoms with Gasteiger partial charge in [0, 0.05) is 49.3 Å². The van der Waals surface area contributed by atoms with Crippen molar-refractivity contribution in [1.82, 2.24) is 15.2 Å². The van der Waals surface area contributed by atoms with Crippen molar-refractivity contribution in [2.24, 2.45) is 5.73 Å². The van der Waals surface area contributed by atoms with Crippen LogP contribution in [0.4, 0.5) is 19.3 Å². The summed E-state index contributed by atoms with van der Waals surface area (Å²) in [7, 11) is 0. The van der Waals surface area contributed by atoms with Crippen molar-refractivity contribution in [2.75, 3.05) is 25.0 Å². The number of hydrogen-bond acceptors (Lipinski definition) is 6. The molecule has 0 radical (unpaired) electrons. The first-order valence-electron chi connectivity index (χ1n) is 11.6. The molecule has 214 valence electrons. The van der Waals surface area contributed by atoms with Crippen LogP contribution >= 0.6 is 37.2 Å². The predicted molar refractivity (Wildman–Crippen MR) is 156 cm³/mol. The van der Waals surface area contributed by atoms with Crippen molar-refractivity contribution >= 4 is 54.8 Å². The largest absolute Gasteiger partial charge is 0.453 e. The normalized spacial score (nSPS) is 13.8. The number of nitrogens with zero attached hydrogens (tertiary/aromatic N) is 2. The van der Waals surface area contributed by atoms with Crippen LogP contribution in [0.25, 0.3) is 0 Å². The molecule has 0 bridgehead atoms. The number of carbonyl (C=O) groups is 2. The van der Waals surface area contributed by atoms with Gasteiger partial charge in [-0.15, -0.1) is 37.2 Å². The lowest BCUT2D eigenvalue weighted by atomic mass is 10.1. The summed E-state index contributed by atoms with van der Waals surface area (Å²) in [5.74, 6) is 4.61. The number of urea groups is 1. The lowest BCUT2D eigenvalue weighted by Gasteiger charge is -2.11. The Morgan fingerprint density at radius 3 is 2.50 bits per heavy atom. The molecule has 1 atom stereocenters. The van der Waals surface area contributed by atoms with Crippen LogP contribution in [0.3, 0.4) is 0 Å². The quantitative estimate of drug-likeness (QED) is 0.348. The first-order valence-corrected chi connectivity index (χ1v) is 11.6. The number of aromatic nitrogens is 1. The molecule has 3 aromatic rings. The van der Waals surface area contributed by atoms with Gasteiger partial charge < -0.3 is 15.8 Å². The number of pyridine rings is 1. The summed E-state index contributed by atoms with van der Waals surface area (Å²) in [5, 5.41) is 4.54. The number of halogens is 5. The van der Waals surface area contributed by atoms with Crippen LogP contribution in [-0.2, 0) is 11.2 Å². The number of imide groups is 1. The summed E-state index contributed by atoms with van der Waals surface area (Å²) in [6.45, 7) is 2.26. The highest BCUT2D eigenvalue weighted by molar-refractivity contribution is 6.01. The van der Waals surface area contributed by atoms with Crippen LogP contribution in [0.15, 0.2) is 60.9 Å². The molecule has 3 amide bonds. The number of amides is 3. The van der Waals surface area contributed by atoms with Crippen LogP contribution in [-0.4, -0.2) is 47.5 Å². The zero-order valence-electron chi connectivity index (χ0n) is 21.1. The Balaban J connectivity index is 0.00000267. The molecule has 4 rings (SSSR count). The fourth-order valence-corrected chi connectivity index (χ4v) is 3.72. The second-order valence-electron chi connectivity index (χ2n) is 8.51. The van der Waals surface area contributed by atoms with Gasteiger partial charge >= 0.3 is 6.03 Å². The summed E-state index contributed by atoms with van der Waals surface area (Å²) in [4.78, 5) is 30.4. The van der Waals surface area contributed by atoms with Crippen molar-refractivity contribution in [3.05, 3.63) is 83.7 Å². The molecule has 1 aliphatic heterocycles. The zero-order chi connectivity index (χ0) is 26.2. The molecule has 1 aliphatic rings. The lowest BCUT2D eigenvalue weighted by Crippen LogP contribution is -2.35. The molecule has 1 saturated heterocycles. The SMILES string of the molecule is Cl.Cl.Cl.NC1CCN(CC#Cc2cnccc2Oc2ccc(NC(=O)NC(=O)Cc3ccc(F)cc3)cc2F)C1. The Labute approximate surface area is 249 Å². The minimum absolute atomic E-state index is 0. The number of nitrogens with one attached hydrogen (secondary N) is 2. The number of rotatable bonds is 6. The third-order valence-electron chi connectivity index (χ3n) is 5.56. The number of ether oxygens (including phenoxy) is 1. The summed E-state index contributed by atoms with van der Waals surface area (Å²) >= 11 is 0. The topological polar surface area (TPSA) is 110 Å². The Morgan fingerprint density at radius 2 is 1.82 bits per heavy atom. The van der Waals surface area contributed by atoms with E-state index < -0.39 is 23.6 Å². The number of hydrogen-bond donors (Lipinski definition) is 3. The van der Waals surface area contributed by atoms with Gasteiger partial charge in [-0.25, -0.2) is 13.6 Å². The molecule has 0 saturated carbocycles. The molecule has 13 heteroatoms. The molecule has 1 unspecified atom stereocenters. The molecule has 0 spiro atoms. The fourth-order valence-electron chi connectivity index (χ4n) is 3.72. The van der Waals surface area contributed by atoms with Crippen LogP contribution in [0.5, 0.6) is 11.5 Å². The maximum Gasteiger partial charge on any atom is 0.325 e. The van der Waals surface area contributed by atoms with E-state index in [1.165, 1.54) is 42.6 Å². The number of carbonyl (C=O) groups excluding carboxylic acids is 2. The summed E-state index contributed by atoms with van der Waals surface area (Å²) in [5.41, 5.74) is 7.08. The van der Waals surface area contributed by atoms with Gasteiger partial charge in [-0.1, -0.05) is 24.0 Å². The average Bonchev–Trinajstić information content (AvgIpc) is 3.28. The highest BCUT2D eigenvalue weighted by Gasteiger charge is 2.17. The second-order valence-corrected chi connectivity index (χ2v) is 8.51. The highest BCUT2D eigenvalue weighted by atomic mass is 35.5. The van der Waals surface area contributed by atoms with Crippen LogP contribution < -0.4 is 21.1 Å². The number of nitrogens with two attached hydrogens (primary N) is 1. The molecular formula is C27H28Cl3F2N5O3. The van der Waals surface area contributed by atoms with Crippen molar-refractivity contribution in [1.29, 1.82) is 0 Å². The Morgan fingerprint density at radius 1 is 1.07 bits per heavy atom. The van der Waals surface area contributed by atoms with Crippen molar-refractivity contribution < 1.29 is 23.1 Å². The highest BCUT2D eigenvalue weighted by Crippen LogP contribution is 2.28. The van der Waals surface area contributed by atoms with E-state index in [1.807, 2.05) is 0 Å². The van der Waals surface area contributed by atoms with Gasteiger partial charge in [-0.2, -0.15) is 0 Å². The molecule has 8 nitrogen and oxygen atoms in total. The number of likely N-dealkylation sites (tertiary alicyclic amines) is 1. The summed E-state index contributed by atoms with van der Waals surface area (Å²) in [6, 6.07) is 10.1. The van der Waals surface area contributed by atoms with Gasteiger partial charge in [-0.3, -0.25) is 20.0 Å². The minimum Gasteiger partial charge on any atom is -0.453 e. The maximum atomic E-state index is 14.7. The maximum absolute atomic E-state index is 14.7. The Hall–Kier alpha value is -3.46. The molecular weight excluding hydrogens is 587 g/mol. The van der Waals surface area contributed by atoms with E-state index in [0.717, 1.165) is 25.6 Å². The van der Waals surface area contributed by atoms with E-state index in [-0.39, 0.29) is 61.1 Å². The van der Waals surface area contributed by atoms with Gasteiger partial charge in [-0.05, 0) is 36.2 Å². The fraction of sp³-hybridized carbons (Fsp3) is 0.222. The molecule has 0 aliphatic carbocycles. The van der Waals surface area contributed by atoms with Crippen molar-refractivity contribution in [3.8, 4) is 23.3 Å². The van der Waals surface area contributed by atoms with Crippen LogP contribution in [0.1, 0.15) is 17.5 Å². The molecule has 40 heavy (non-hydrogen) atoms. The minimum atomic E-state index is -0.828. The standard InChI is InChI=1S/C27H25F2N5O3.3ClH/c28-20-5-3-18(4-6-20)14-26(35)33-27(36)32-22-7-8-25(23(29)15-22)37-24-9-11-31-16-19(24)2-1-12-34-13-10-21(30)17-34;;;/h3-9,11,15-16,21H,10,12-14,17,30H2,(H2,32,33,35,36);3*1H. The summed E-state index contributed by atoms with van der Waals surface area (Å²) < 4.78 is 33.4. The lowest BCUT2D eigenvalue weighted by molar-refractivity contribution is -0.119. The van der Waals surface area contributed by atoms with Crippen molar-refractivity contribution in [2.45, 2.75) is 18.9 Å². The predicted octanol–water partition coefficient (Wildman–Crippen LogP) is 4.69. The summed E-state index contributed by atoms with van der Waals surface area (Å²) in [6.07, 6.45) is 3.89. The van der Waals surface area contributed by atoms with Gasteiger partial charge in [0.15, 0.2) is 11.6 Å². The van der Waals surface area contributed by atoms with E-state index >= 15 is 0 Å². The zero-order valence-corrected chi connectivity index (χ0v) is 23.5. The van der Waals surface area contributed by atoms with E-state index in [4.69, 9.17) is 10.5 Å². The second kappa shape index (κ2) is 16.6. The first kappa shape index (κ1) is 34.6. The smallest absolute Gasteiger partial charge is 0.325 e. The molecule has 1 fully saturated rings. The molecule has 2 heterocycles. The molecule has 2 aromatic carbocycles. The third kappa shape index (κ3) is 10.3. The van der Waals surface area contributed by atoms with E-state index in [0.29, 0.717) is 23.4 Å². The van der Waals surface area contributed by atoms with Crippen LogP contribution in [0, 0.1) is 23.5 Å². The first-order chi connectivity index (χ1) is 17.9. The van der Waals surface area contributed by atoms with Crippen LogP contribution in [0.2, 0.25) is 0 Å². The van der Waals surface area contributed by atoms with E-state index in [9.17, 15) is 18.4 Å². The third-order valence-corrected chi connectivity index (χ3v) is 5.56. The van der Waals surface area contributed by atoms with Gasteiger partial charge in [0.05, 0.1) is 18.5 Å². The number of anilines is 1. The molecule has 4 N–H and O–H groups in total.